The Kier molecular flexibility index (Phi) is 7.37. The topological polar surface area (TPSA) is 84.7 Å². The predicted molar refractivity (Wildman–Crippen MR) is 128 cm³/mol. The molecule has 7 nitrogen and oxygen atoms in total. The Morgan fingerprint density at radius 3 is 2.50 bits per heavy atom. The summed E-state index contributed by atoms with van der Waals surface area (Å²) in [5.74, 6) is 1.79. The Labute approximate surface area is 195 Å². The summed E-state index contributed by atoms with van der Waals surface area (Å²) in [6.07, 6.45) is 1.98. The van der Waals surface area contributed by atoms with Gasteiger partial charge in [-0.2, -0.15) is 0 Å². The van der Waals surface area contributed by atoms with Crippen molar-refractivity contribution in [2.45, 2.75) is 18.1 Å². The number of hydrogen-bond donors (Lipinski definition) is 2. The molecule has 9 heteroatoms. The number of aromatic nitrogens is 4. The second-order valence-electron chi connectivity index (χ2n) is 6.79. The van der Waals surface area contributed by atoms with Gasteiger partial charge in [0.05, 0.1) is 6.54 Å². The Morgan fingerprint density at radius 2 is 1.75 bits per heavy atom. The normalized spacial score (nSPS) is 10.7. The molecule has 0 spiro atoms. The molecule has 1 amide bonds. The van der Waals surface area contributed by atoms with Crippen LogP contribution in [0.1, 0.15) is 12.2 Å². The third-order valence-corrected chi connectivity index (χ3v) is 5.68. The molecule has 162 valence electrons. The molecule has 0 radical (unpaired) electrons. The van der Waals surface area contributed by atoms with Crippen LogP contribution in [0, 0.1) is 0 Å². The minimum absolute atomic E-state index is 0.0911. The summed E-state index contributed by atoms with van der Waals surface area (Å²) in [5.41, 5.74) is 1.91. The van der Waals surface area contributed by atoms with E-state index in [0.29, 0.717) is 29.6 Å². The summed E-state index contributed by atoms with van der Waals surface area (Å²) >= 11 is 7.45. The SMILES string of the molecule is O=C(CCSc1nnc(CNc2ccc(Cl)cc2)n1-c1ccccc1)Nc1ccccn1. The number of amides is 1. The molecular formula is C23H21ClN6OS. The number of carbonyl (C=O) groups excluding carboxylic acids is 1. The van der Waals surface area contributed by atoms with Crippen LogP contribution in [0.3, 0.4) is 0 Å². The maximum absolute atomic E-state index is 12.2. The number of para-hydroxylation sites is 1. The second-order valence-corrected chi connectivity index (χ2v) is 8.29. The molecule has 0 saturated carbocycles. The van der Waals surface area contributed by atoms with Gasteiger partial charge in [0.15, 0.2) is 11.0 Å². The monoisotopic (exact) mass is 464 g/mol. The van der Waals surface area contributed by atoms with Crippen LogP contribution in [0.4, 0.5) is 11.5 Å². The number of carbonyl (C=O) groups is 1. The smallest absolute Gasteiger partial charge is 0.226 e. The first-order valence-corrected chi connectivity index (χ1v) is 11.4. The van der Waals surface area contributed by atoms with Crippen molar-refractivity contribution in [1.82, 2.24) is 19.7 Å². The lowest BCUT2D eigenvalue weighted by molar-refractivity contribution is -0.115. The molecule has 0 saturated heterocycles. The lowest BCUT2D eigenvalue weighted by atomic mass is 10.3. The Hall–Kier alpha value is -3.36. The minimum atomic E-state index is -0.0911. The van der Waals surface area contributed by atoms with E-state index in [-0.39, 0.29) is 5.91 Å². The van der Waals surface area contributed by atoms with E-state index in [2.05, 4.69) is 25.8 Å². The zero-order valence-electron chi connectivity index (χ0n) is 17.1. The highest BCUT2D eigenvalue weighted by molar-refractivity contribution is 7.99. The van der Waals surface area contributed by atoms with Gasteiger partial charge in [-0.1, -0.05) is 47.6 Å². The van der Waals surface area contributed by atoms with Gasteiger partial charge >= 0.3 is 0 Å². The van der Waals surface area contributed by atoms with E-state index in [1.54, 1.807) is 18.3 Å². The van der Waals surface area contributed by atoms with Gasteiger partial charge in [-0.25, -0.2) is 4.98 Å². The minimum Gasteiger partial charge on any atom is -0.378 e. The second kappa shape index (κ2) is 10.8. The number of nitrogens with zero attached hydrogens (tertiary/aromatic N) is 4. The van der Waals surface area contributed by atoms with Crippen LogP contribution in [0.5, 0.6) is 0 Å². The maximum Gasteiger partial charge on any atom is 0.226 e. The van der Waals surface area contributed by atoms with Crippen LogP contribution >= 0.6 is 23.4 Å². The number of rotatable bonds is 9. The molecular weight excluding hydrogens is 444 g/mol. The lowest BCUT2D eigenvalue weighted by Gasteiger charge is -2.11. The fourth-order valence-corrected chi connectivity index (χ4v) is 4.01. The van der Waals surface area contributed by atoms with Crippen LogP contribution in [0.25, 0.3) is 5.69 Å². The molecule has 2 aromatic heterocycles. The highest BCUT2D eigenvalue weighted by Crippen LogP contribution is 2.23. The van der Waals surface area contributed by atoms with Gasteiger partial charge in [-0.15, -0.1) is 10.2 Å². The number of anilines is 2. The number of benzene rings is 2. The van der Waals surface area contributed by atoms with E-state index in [4.69, 9.17) is 11.6 Å². The molecule has 4 aromatic rings. The molecule has 4 rings (SSSR count). The zero-order chi connectivity index (χ0) is 22.2. The number of halogens is 1. The van der Waals surface area contributed by atoms with E-state index in [1.165, 1.54) is 11.8 Å². The van der Waals surface area contributed by atoms with E-state index < -0.39 is 0 Å². The van der Waals surface area contributed by atoms with Crippen molar-refractivity contribution in [3.8, 4) is 5.69 Å². The van der Waals surface area contributed by atoms with Crippen molar-refractivity contribution in [2.75, 3.05) is 16.4 Å². The molecule has 2 aromatic carbocycles. The summed E-state index contributed by atoms with van der Waals surface area (Å²) in [5, 5.41) is 16.3. The summed E-state index contributed by atoms with van der Waals surface area (Å²) in [6.45, 7) is 0.490. The molecule has 0 bridgehead atoms. The predicted octanol–water partition coefficient (Wildman–Crippen LogP) is 5.05. The summed E-state index contributed by atoms with van der Waals surface area (Å²) in [7, 11) is 0. The van der Waals surface area contributed by atoms with Gasteiger partial charge in [-0.05, 0) is 48.5 Å². The maximum atomic E-state index is 12.2. The highest BCUT2D eigenvalue weighted by Gasteiger charge is 2.15. The molecule has 0 fully saturated rings. The van der Waals surface area contributed by atoms with Crippen LogP contribution < -0.4 is 10.6 Å². The van der Waals surface area contributed by atoms with Crippen LogP contribution in [-0.4, -0.2) is 31.4 Å². The quantitative estimate of drug-likeness (QED) is 0.337. The number of pyridine rings is 1. The van der Waals surface area contributed by atoms with Crippen molar-refractivity contribution >= 4 is 40.8 Å². The van der Waals surface area contributed by atoms with Crippen molar-refractivity contribution in [3.63, 3.8) is 0 Å². The van der Waals surface area contributed by atoms with Crippen LogP contribution in [0.15, 0.2) is 84.1 Å². The van der Waals surface area contributed by atoms with Gasteiger partial charge in [0.1, 0.15) is 5.82 Å². The lowest BCUT2D eigenvalue weighted by Crippen LogP contribution is -2.13. The van der Waals surface area contributed by atoms with E-state index in [1.807, 2.05) is 65.2 Å². The molecule has 0 atom stereocenters. The third kappa shape index (κ3) is 5.87. The fourth-order valence-electron chi connectivity index (χ4n) is 2.97. The highest BCUT2D eigenvalue weighted by atomic mass is 35.5. The first-order valence-electron chi connectivity index (χ1n) is 10.0. The van der Waals surface area contributed by atoms with Gasteiger partial charge < -0.3 is 10.6 Å². The van der Waals surface area contributed by atoms with Crippen molar-refractivity contribution in [2.24, 2.45) is 0 Å². The Morgan fingerprint density at radius 1 is 0.969 bits per heavy atom. The number of thioether (sulfide) groups is 1. The molecule has 0 aliphatic rings. The first-order chi connectivity index (χ1) is 15.7. The summed E-state index contributed by atoms with van der Waals surface area (Å²) < 4.78 is 2.00. The van der Waals surface area contributed by atoms with Crippen molar-refractivity contribution in [3.05, 3.63) is 89.8 Å². The first kappa shape index (κ1) is 21.9. The molecule has 0 aliphatic carbocycles. The molecule has 2 heterocycles. The van der Waals surface area contributed by atoms with Gasteiger partial charge in [-0.3, -0.25) is 9.36 Å². The van der Waals surface area contributed by atoms with Crippen LogP contribution in [0.2, 0.25) is 5.02 Å². The summed E-state index contributed by atoms with van der Waals surface area (Å²) in [4.78, 5) is 16.3. The standard InChI is InChI=1S/C23H21ClN6OS/c24-17-9-11-18(12-10-17)26-16-21-28-29-23(30(21)19-6-2-1-3-7-19)32-15-13-22(31)27-20-8-4-5-14-25-20/h1-12,14,26H,13,15-16H2,(H,25,27,31). The third-order valence-electron chi connectivity index (χ3n) is 4.50. The zero-order valence-corrected chi connectivity index (χ0v) is 18.7. The average Bonchev–Trinajstić information content (AvgIpc) is 3.22. The average molecular weight is 465 g/mol. The van der Waals surface area contributed by atoms with Crippen molar-refractivity contribution < 1.29 is 4.79 Å². The molecule has 32 heavy (non-hydrogen) atoms. The van der Waals surface area contributed by atoms with Gasteiger partial charge in [0, 0.05) is 34.8 Å². The van der Waals surface area contributed by atoms with Gasteiger partial charge in [0.2, 0.25) is 5.91 Å². The van der Waals surface area contributed by atoms with Crippen LogP contribution in [-0.2, 0) is 11.3 Å². The number of nitrogens with one attached hydrogen (secondary N) is 2. The molecule has 0 unspecified atom stereocenters. The van der Waals surface area contributed by atoms with E-state index >= 15 is 0 Å². The van der Waals surface area contributed by atoms with Gasteiger partial charge in [0.25, 0.3) is 0 Å². The molecule has 0 aliphatic heterocycles. The van der Waals surface area contributed by atoms with Crippen molar-refractivity contribution in [1.29, 1.82) is 0 Å². The Bertz CT molecular complexity index is 1150. The fraction of sp³-hybridized carbons (Fsp3) is 0.130. The summed E-state index contributed by atoms with van der Waals surface area (Å²) in [6, 6.07) is 22.8. The molecule has 2 N–H and O–H groups in total. The van der Waals surface area contributed by atoms with E-state index in [9.17, 15) is 4.79 Å². The largest absolute Gasteiger partial charge is 0.378 e. The number of hydrogen-bond acceptors (Lipinski definition) is 6. The van der Waals surface area contributed by atoms with E-state index in [0.717, 1.165) is 22.4 Å². The Balaban J connectivity index is 1.43.